The molecular weight excluding hydrogens is 324 g/mol. The summed E-state index contributed by atoms with van der Waals surface area (Å²) < 4.78 is 11.5. The molecule has 0 spiro atoms. The number of benzene rings is 1. The highest BCUT2D eigenvalue weighted by atomic mass is 16.5. The molecule has 0 atom stereocenters. The molecule has 0 radical (unpaired) electrons. The van der Waals surface area contributed by atoms with Crippen LogP contribution in [0, 0.1) is 23.7 Å². The van der Waals surface area contributed by atoms with Crippen molar-refractivity contribution < 1.29 is 14.3 Å². The second-order valence-corrected chi connectivity index (χ2v) is 8.37. The van der Waals surface area contributed by atoms with Crippen LogP contribution >= 0.6 is 0 Å². The topological polar surface area (TPSA) is 35.5 Å². The van der Waals surface area contributed by atoms with Crippen molar-refractivity contribution in [2.75, 3.05) is 0 Å². The maximum Gasteiger partial charge on any atom is 0.314 e. The number of ether oxygens (including phenoxy) is 2. The van der Waals surface area contributed by atoms with Crippen LogP contribution in [0.3, 0.4) is 0 Å². The highest BCUT2D eigenvalue weighted by Crippen LogP contribution is 2.34. The van der Waals surface area contributed by atoms with E-state index in [4.69, 9.17) is 9.47 Å². The van der Waals surface area contributed by atoms with Crippen LogP contribution in [0.2, 0.25) is 0 Å². The number of hydrogen-bond donors (Lipinski definition) is 0. The molecule has 1 aromatic carbocycles. The molecule has 0 bridgehead atoms. The summed E-state index contributed by atoms with van der Waals surface area (Å²) in [4.78, 5) is 12.3. The van der Waals surface area contributed by atoms with E-state index in [9.17, 15) is 4.79 Å². The summed E-state index contributed by atoms with van der Waals surface area (Å²) in [6, 6.07) is 7.36. The smallest absolute Gasteiger partial charge is 0.314 e. The Bertz CT molecular complexity index is 548. The van der Waals surface area contributed by atoms with E-state index in [0.29, 0.717) is 11.7 Å². The molecule has 3 nitrogen and oxygen atoms in total. The highest BCUT2D eigenvalue weighted by Gasteiger charge is 2.26. The number of rotatable bonds is 5. The molecule has 2 saturated carbocycles. The summed E-state index contributed by atoms with van der Waals surface area (Å²) in [7, 11) is 0. The molecule has 2 aliphatic carbocycles. The molecule has 26 heavy (non-hydrogen) atoms. The van der Waals surface area contributed by atoms with Crippen molar-refractivity contribution in [1.82, 2.24) is 0 Å². The van der Waals surface area contributed by atoms with Gasteiger partial charge in [-0.3, -0.25) is 4.79 Å². The Hall–Kier alpha value is -1.77. The van der Waals surface area contributed by atoms with Gasteiger partial charge in [-0.15, -0.1) is 0 Å². The zero-order chi connectivity index (χ0) is 18.5. The molecule has 0 aliphatic heterocycles. The van der Waals surface area contributed by atoms with Gasteiger partial charge in [0.05, 0.1) is 11.7 Å². The summed E-state index contributed by atoms with van der Waals surface area (Å²) in [5.74, 6) is 4.19. The van der Waals surface area contributed by atoms with Crippen LogP contribution < -0.4 is 9.47 Å². The first kappa shape index (κ1) is 19.0. The van der Waals surface area contributed by atoms with Crippen LogP contribution in [0.5, 0.6) is 11.5 Å². The van der Waals surface area contributed by atoms with Gasteiger partial charge in [0, 0.05) is 5.92 Å². The van der Waals surface area contributed by atoms with E-state index in [1.165, 1.54) is 12.8 Å². The fraction of sp³-hybridized carbons (Fsp3) is 0.609. The first-order valence-corrected chi connectivity index (χ1v) is 10.2. The lowest BCUT2D eigenvalue weighted by atomic mass is 9.82. The van der Waals surface area contributed by atoms with E-state index in [2.05, 4.69) is 20.4 Å². The average molecular weight is 357 g/mol. The minimum atomic E-state index is -0.0914. The van der Waals surface area contributed by atoms with Gasteiger partial charge in [0.1, 0.15) is 11.5 Å². The normalized spacial score (nSPS) is 29.0. The van der Waals surface area contributed by atoms with Crippen molar-refractivity contribution >= 4 is 5.97 Å². The van der Waals surface area contributed by atoms with Crippen LogP contribution in [0.15, 0.2) is 36.6 Å². The Balaban J connectivity index is 1.48. The molecule has 142 valence electrons. The number of hydrogen-bond acceptors (Lipinski definition) is 3. The molecule has 0 N–H and O–H groups in total. The van der Waals surface area contributed by atoms with E-state index >= 15 is 0 Å². The van der Waals surface area contributed by atoms with Gasteiger partial charge in [0.2, 0.25) is 0 Å². The zero-order valence-corrected chi connectivity index (χ0v) is 16.2. The fourth-order valence-corrected chi connectivity index (χ4v) is 4.09. The van der Waals surface area contributed by atoms with E-state index in [1.807, 2.05) is 24.3 Å². The second kappa shape index (κ2) is 8.75. The van der Waals surface area contributed by atoms with Crippen LogP contribution in [0.1, 0.15) is 65.2 Å². The Morgan fingerprint density at radius 1 is 0.769 bits per heavy atom. The predicted molar refractivity (Wildman–Crippen MR) is 104 cm³/mol. The first-order chi connectivity index (χ1) is 12.5. The summed E-state index contributed by atoms with van der Waals surface area (Å²) in [6.45, 7) is 8.69. The van der Waals surface area contributed by atoms with Crippen LogP contribution in [-0.4, -0.2) is 5.97 Å². The molecule has 3 heteroatoms. The van der Waals surface area contributed by atoms with Gasteiger partial charge in [-0.05, 0) is 74.6 Å². The number of allylic oxidation sites excluding steroid dienone is 1. The Morgan fingerprint density at radius 3 is 1.69 bits per heavy atom. The first-order valence-electron chi connectivity index (χ1n) is 10.2. The molecule has 3 rings (SSSR count). The number of carbonyl (C=O) groups is 1. The van der Waals surface area contributed by atoms with Gasteiger partial charge in [-0.25, -0.2) is 0 Å². The summed E-state index contributed by atoms with van der Waals surface area (Å²) in [6.07, 6.45) is 8.96. The molecule has 0 aromatic heterocycles. The molecule has 0 amide bonds. The van der Waals surface area contributed by atoms with Gasteiger partial charge >= 0.3 is 5.97 Å². The number of carbonyl (C=O) groups excluding carboxylic acids is 1. The lowest BCUT2D eigenvalue weighted by Gasteiger charge is -2.27. The van der Waals surface area contributed by atoms with Crippen molar-refractivity contribution in [3.63, 3.8) is 0 Å². The highest BCUT2D eigenvalue weighted by molar-refractivity contribution is 5.75. The SMILES string of the molecule is C=C(Oc1ccc(OC(=O)C2CCC(C)CC2)cc1)C1CCC(C)CC1. The third-order valence-corrected chi connectivity index (χ3v) is 6.11. The van der Waals surface area contributed by atoms with Gasteiger partial charge in [-0.1, -0.05) is 33.3 Å². The molecular formula is C23H32O3. The third-order valence-electron chi connectivity index (χ3n) is 6.11. The molecule has 2 aliphatic rings. The molecule has 2 fully saturated rings. The Kier molecular flexibility index (Phi) is 6.39. The average Bonchev–Trinajstić information content (AvgIpc) is 2.64. The Labute approximate surface area is 157 Å². The predicted octanol–water partition coefficient (Wildman–Crippen LogP) is 6.14. The third kappa shape index (κ3) is 5.12. The van der Waals surface area contributed by atoms with Gasteiger partial charge in [0.15, 0.2) is 0 Å². The van der Waals surface area contributed by atoms with Crippen LogP contribution in [-0.2, 0) is 4.79 Å². The van der Waals surface area contributed by atoms with Crippen molar-refractivity contribution in [3.05, 3.63) is 36.6 Å². The summed E-state index contributed by atoms with van der Waals surface area (Å²) in [5, 5.41) is 0. The fourth-order valence-electron chi connectivity index (χ4n) is 4.09. The van der Waals surface area contributed by atoms with E-state index in [1.54, 1.807) is 0 Å². The van der Waals surface area contributed by atoms with E-state index in [0.717, 1.165) is 61.9 Å². The van der Waals surface area contributed by atoms with Gasteiger partial charge in [-0.2, -0.15) is 0 Å². The van der Waals surface area contributed by atoms with Gasteiger partial charge < -0.3 is 9.47 Å². The minimum absolute atomic E-state index is 0.0515. The summed E-state index contributed by atoms with van der Waals surface area (Å²) in [5.41, 5.74) is 0. The lowest BCUT2D eigenvalue weighted by molar-refractivity contribution is -0.140. The standard InChI is InChI=1S/C23H32O3/c1-16-4-8-19(9-5-16)18(3)25-21-12-14-22(15-13-21)26-23(24)20-10-6-17(2)7-11-20/h12-17,19-20H,3-11H2,1-2H3. The lowest BCUT2D eigenvalue weighted by Crippen LogP contribution is -2.24. The molecule has 0 unspecified atom stereocenters. The van der Waals surface area contributed by atoms with Crippen molar-refractivity contribution in [3.8, 4) is 11.5 Å². The molecule has 1 aromatic rings. The minimum Gasteiger partial charge on any atom is -0.462 e. The largest absolute Gasteiger partial charge is 0.462 e. The maximum atomic E-state index is 12.3. The van der Waals surface area contributed by atoms with Crippen molar-refractivity contribution in [1.29, 1.82) is 0 Å². The van der Waals surface area contributed by atoms with Gasteiger partial charge in [0.25, 0.3) is 0 Å². The van der Waals surface area contributed by atoms with E-state index < -0.39 is 0 Å². The number of esters is 1. The second-order valence-electron chi connectivity index (χ2n) is 8.37. The Morgan fingerprint density at radius 2 is 1.19 bits per heavy atom. The monoisotopic (exact) mass is 356 g/mol. The van der Waals surface area contributed by atoms with Crippen LogP contribution in [0.25, 0.3) is 0 Å². The van der Waals surface area contributed by atoms with Crippen LogP contribution in [0.4, 0.5) is 0 Å². The van der Waals surface area contributed by atoms with E-state index in [-0.39, 0.29) is 11.9 Å². The van der Waals surface area contributed by atoms with Crippen molar-refractivity contribution in [2.24, 2.45) is 23.7 Å². The molecule has 0 heterocycles. The van der Waals surface area contributed by atoms with Crippen molar-refractivity contribution in [2.45, 2.75) is 65.2 Å². The molecule has 0 saturated heterocycles. The summed E-state index contributed by atoms with van der Waals surface area (Å²) >= 11 is 0. The zero-order valence-electron chi connectivity index (χ0n) is 16.2. The quantitative estimate of drug-likeness (QED) is 0.361. The maximum absolute atomic E-state index is 12.3.